The Hall–Kier alpha value is -0.890. The number of halogens is 1. The van der Waals surface area contributed by atoms with Gasteiger partial charge in [0.15, 0.2) is 0 Å². The first-order valence-corrected chi connectivity index (χ1v) is 7.13. The molecule has 1 aromatic carbocycles. The summed E-state index contributed by atoms with van der Waals surface area (Å²) in [6.07, 6.45) is 6.95. The van der Waals surface area contributed by atoms with E-state index in [0.717, 1.165) is 30.1 Å². The Bertz CT molecular complexity index is 371. The monoisotopic (exact) mass is 249 g/mol. The molecule has 2 rings (SSSR count). The second-order valence-corrected chi connectivity index (χ2v) is 5.66. The number of benzene rings is 1. The standard InChI is InChI=1S/C16H24FN/c1-12-9-15(10-13(2)16(12)17)11-18-8-7-14-5-3-4-6-14/h9-10,14,18H,3-8,11H2,1-2H3. The van der Waals surface area contributed by atoms with Crippen molar-refractivity contribution in [3.8, 4) is 0 Å². The Morgan fingerprint density at radius 3 is 2.39 bits per heavy atom. The van der Waals surface area contributed by atoms with E-state index in [1.165, 1.54) is 37.7 Å². The third-order valence-electron chi connectivity index (χ3n) is 4.03. The molecule has 0 aromatic heterocycles. The van der Waals surface area contributed by atoms with E-state index in [0.29, 0.717) is 0 Å². The van der Waals surface area contributed by atoms with Crippen LogP contribution in [0.4, 0.5) is 4.39 Å². The predicted molar refractivity (Wildman–Crippen MR) is 74.2 cm³/mol. The zero-order chi connectivity index (χ0) is 13.0. The molecular weight excluding hydrogens is 225 g/mol. The van der Waals surface area contributed by atoms with Crippen LogP contribution in [-0.4, -0.2) is 6.54 Å². The molecule has 100 valence electrons. The highest BCUT2D eigenvalue weighted by Crippen LogP contribution is 2.26. The van der Waals surface area contributed by atoms with Gasteiger partial charge >= 0.3 is 0 Å². The lowest BCUT2D eigenvalue weighted by Crippen LogP contribution is -2.17. The molecule has 0 amide bonds. The van der Waals surface area contributed by atoms with E-state index in [9.17, 15) is 4.39 Å². The average Bonchev–Trinajstić information content (AvgIpc) is 2.84. The fourth-order valence-electron chi connectivity index (χ4n) is 2.98. The van der Waals surface area contributed by atoms with E-state index in [2.05, 4.69) is 5.32 Å². The number of hydrogen-bond donors (Lipinski definition) is 1. The van der Waals surface area contributed by atoms with Crippen molar-refractivity contribution in [3.63, 3.8) is 0 Å². The summed E-state index contributed by atoms with van der Waals surface area (Å²) < 4.78 is 13.5. The van der Waals surface area contributed by atoms with Crippen molar-refractivity contribution >= 4 is 0 Å². The van der Waals surface area contributed by atoms with Crippen molar-refractivity contribution in [2.24, 2.45) is 5.92 Å². The summed E-state index contributed by atoms with van der Waals surface area (Å²) in [5, 5.41) is 3.48. The van der Waals surface area contributed by atoms with Gasteiger partial charge in [-0.05, 0) is 49.4 Å². The first kappa shape index (κ1) is 13.5. The normalized spacial score (nSPS) is 16.4. The SMILES string of the molecule is Cc1cc(CNCCC2CCCC2)cc(C)c1F. The predicted octanol–water partition coefficient (Wildman–Crippen LogP) is 4.11. The van der Waals surface area contributed by atoms with Crippen molar-refractivity contribution < 1.29 is 4.39 Å². The van der Waals surface area contributed by atoms with Gasteiger partial charge in [-0.2, -0.15) is 0 Å². The third kappa shape index (κ3) is 3.55. The van der Waals surface area contributed by atoms with E-state index >= 15 is 0 Å². The van der Waals surface area contributed by atoms with Gasteiger partial charge in [0.1, 0.15) is 5.82 Å². The molecule has 0 aliphatic heterocycles. The second kappa shape index (κ2) is 6.33. The van der Waals surface area contributed by atoms with Crippen LogP contribution in [0, 0.1) is 25.6 Å². The number of nitrogens with one attached hydrogen (secondary N) is 1. The minimum Gasteiger partial charge on any atom is -0.313 e. The molecule has 1 aliphatic rings. The van der Waals surface area contributed by atoms with E-state index in [-0.39, 0.29) is 5.82 Å². The molecule has 2 heteroatoms. The zero-order valence-electron chi connectivity index (χ0n) is 11.6. The van der Waals surface area contributed by atoms with Gasteiger partial charge in [0, 0.05) is 6.54 Å². The van der Waals surface area contributed by atoms with E-state index in [1.807, 2.05) is 26.0 Å². The fraction of sp³-hybridized carbons (Fsp3) is 0.625. The molecule has 0 heterocycles. The maximum Gasteiger partial charge on any atom is 0.129 e. The molecule has 1 aromatic rings. The number of aryl methyl sites for hydroxylation is 2. The summed E-state index contributed by atoms with van der Waals surface area (Å²) in [5.74, 6) is 0.874. The van der Waals surface area contributed by atoms with Gasteiger partial charge in [-0.3, -0.25) is 0 Å². The summed E-state index contributed by atoms with van der Waals surface area (Å²) in [6, 6.07) is 3.90. The van der Waals surface area contributed by atoms with Crippen LogP contribution in [0.2, 0.25) is 0 Å². The summed E-state index contributed by atoms with van der Waals surface area (Å²) in [6.45, 7) is 5.61. The quantitative estimate of drug-likeness (QED) is 0.774. The minimum absolute atomic E-state index is 0.0651. The molecular formula is C16H24FN. The summed E-state index contributed by atoms with van der Waals surface area (Å²) in [4.78, 5) is 0. The smallest absolute Gasteiger partial charge is 0.129 e. The van der Waals surface area contributed by atoms with E-state index in [4.69, 9.17) is 0 Å². The average molecular weight is 249 g/mol. The van der Waals surface area contributed by atoms with Crippen molar-refractivity contribution in [1.82, 2.24) is 5.32 Å². The number of hydrogen-bond acceptors (Lipinski definition) is 1. The summed E-state index contributed by atoms with van der Waals surface area (Å²) >= 11 is 0. The van der Waals surface area contributed by atoms with Crippen LogP contribution < -0.4 is 5.32 Å². The van der Waals surface area contributed by atoms with Crippen molar-refractivity contribution in [1.29, 1.82) is 0 Å². The van der Waals surface area contributed by atoms with Crippen molar-refractivity contribution in [2.75, 3.05) is 6.54 Å². The lowest BCUT2D eigenvalue weighted by Gasteiger charge is -2.11. The Labute approximate surface area is 110 Å². The van der Waals surface area contributed by atoms with Gasteiger partial charge in [0.05, 0.1) is 0 Å². The lowest BCUT2D eigenvalue weighted by atomic mass is 10.0. The van der Waals surface area contributed by atoms with Crippen LogP contribution in [0.15, 0.2) is 12.1 Å². The molecule has 1 saturated carbocycles. The lowest BCUT2D eigenvalue weighted by molar-refractivity contribution is 0.477. The van der Waals surface area contributed by atoms with Gasteiger partial charge in [0.2, 0.25) is 0 Å². The highest BCUT2D eigenvalue weighted by molar-refractivity contribution is 5.30. The molecule has 18 heavy (non-hydrogen) atoms. The molecule has 1 fully saturated rings. The highest BCUT2D eigenvalue weighted by Gasteiger charge is 2.13. The Morgan fingerprint density at radius 1 is 1.17 bits per heavy atom. The molecule has 0 atom stereocenters. The molecule has 1 nitrogen and oxygen atoms in total. The van der Waals surface area contributed by atoms with Gasteiger partial charge in [-0.25, -0.2) is 4.39 Å². The number of rotatable bonds is 5. The van der Waals surface area contributed by atoms with Crippen molar-refractivity contribution in [3.05, 3.63) is 34.6 Å². The first-order chi connectivity index (χ1) is 8.66. The van der Waals surface area contributed by atoms with Crippen molar-refractivity contribution in [2.45, 2.75) is 52.5 Å². The molecule has 0 unspecified atom stereocenters. The summed E-state index contributed by atoms with van der Waals surface area (Å²) in [7, 11) is 0. The van der Waals surface area contributed by atoms with Gasteiger partial charge in [-0.1, -0.05) is 37.8 Å². The first-order valence-electron chi connectivity index (χ1n) is 7.13. The second-order valence-electron chi connectivity index (χ2n) is 5.66. The zero-order valence-corrected chi connectivity index (χ0v) is 11.6. The molecule has 0 saturated heterocycles. The van der Waals surface area contributed by atoms with Crippen LogP contribution in [0.5, 0.6) is 0 Å². The highest BCUT2D eigenvalue weighted by atomic mass is 19.1. The minimum atomic E-state index is -0.0651. The molecule has 0 spiro atoms. The van der Waals surface area contributed by atoms with Crippen LogP contribution in [0.25, 0.3) is 0 Å². The van der Waals surface area contributed by atoms with Gasteiger partial charge in [-0.15, -0.1) is 0 Å². The van der Waals surface area contributed by atoms with Crippen LogP contribution in [0.3, 0.4) is 0 Å². The van der Waals surface area contributed by atoms with Crippen LogP contribution in [0.1, 0.15) is 48.8 Å². The Balaban J connectivity index is 1.76. The Morgan fingerprint density at radius 2 is 1.78 bits per heavy atom. The van der Waals surface area contributed by atoms with E-state index in [1.54, 1.807) is 0 Å². The van der Waals surface area contributed by atoms with Gasteiger partial charge < -0.3 is 5.32 Å². The summed E-state index contributed by atoms with van der Waals surface area (Å²) in [5.41, 5.74) is 2.70. The topological polar surface area (TPSA) is 12.0 Å². The third-order valence-corrected chi connectivity index (χ3v) is 4.03. The molecule has 1 aliphatic carbocycles. The maximum atomic E-state index is 13.5. The van der Waals surface area contributed by atoms with Crippen LogP contribution in [-0.2, 0) is 6.54 Å². The fourth-order valence-corrected chi connectivity index (χ4v) is 2.98. The molecule has 0 bridgehead atoms. The van der Waals surface area contributed by atoms with Gasteiger partial charge in [0.25, 0.3) is 0 Å². The molecule has 0 radical (unpaired) electrons. The largest absolute Gasteiger partial charge is 0.313 e. The van der Waals surface area contributed by atoms with E-state index < -0.39 is 0 Å². The Kier molecular flexibility index (Phi) is 4.76. The van der Waals surface area contributed by atoms with Crippen LogP contribution >= 0.6 is 0 Å². The molecule has 1 N–H and O–H groups in total. The maximum absolute atomic E-state index is 13.5.